The van der Waals surface area contributed by atoms with Crippen LogP contribution in [0, 0.1) is 5.92 Å². The summed E-state index contributed by atoms with van der Waals surface area (Å²) in [4.78, 5) is 11.7. The summed E-state index contributed by atoms with van der Waals surface area (Å²) in [6.07, 6.45) is -4.20. The van der Waals surface area contributed by atoms with Crippen molar-refractivity contribution in [1.82, 2.24) is 0 Å². The molecule has 0 aliphatic rings. The van der Waals surface area contributed by atoms with Gasteiger partial charge in [-0.15, -0.1) is 25.6 Å². The van der Waals surface area contributed by atoms with Gasteiger partial charge in [0.05, 0.1) is 6.04 Å². The number of alkyl halides is 3. The Balaban J connectivity index is 0.00000400. The minimum Gasteiger partial charge on any atom is -0.406 e. The number of ether oxygens (including phenoxy) is 1. The average Bonchev–Trinajstić information content (AvgIpc) is 2.28. The van der Waals surface area contributed by atoms with E-state index < -0.39 is 12.4 Å². The molecule has 0 radical (unpaired) electrons. The second-order valence-electron chi connectivity index (χ2n) is 4.80. The molecule has 8 heteroatoms. The van der Waals surface area contributed by atoms with Crippen LogP contribution in [0.5, 0.6) is 5.75 Å². The number of amides is 1. The highest BCUT2D eigenvalue weighted by Crippen LogP contribution is 2.24. The van der Waals surface area contributed by atoms with Gasteiger partial charge in [-0.3, -0.25) is 4.79 Å². The van der Waals surface area contributed by atoms with Gasteiger partial charge in [0, 0.05) is 5.69 Å². The number of halogens is 4. The van der Waals surface area contributed by atoms with Crippen molar-refractivity contribution in [2.24, 2.45) is 11.7 Å². The van der Waals surface area contributed by atoms with Gasteiger partial charge in [0.2, 0.25) is 5.91 Å². The molecule has 0 saturated heterocycles. The van der Waals surface area contributed by atoms with E-state index in [1.54, 1.807) is 0 Å². The molecule has 1 aromatic carbocycles. The number of nitrogens with two attached hydrogens (primary N) is 1. The van der Waals surface area contributed by atoms with Crippen LogP contribution in [-0.4, -0.2) is 18.3 Å². The smallest absolute Gasteiger partial charge is 0.406 e. The van der Waals surface area contributed by atoms with Crippen molar-refractivity contribution in [2.45, 2.75) is 32.7 Å². The Bertz CT molecular complexity index is 450. The molecule has 0 heterocycles. The molecule has 0 saturated carbocycles. The Hall–Kier alpha value is -1.47. The van der Waals surface area contributed by atoms with Crippen LogP contribution in [-0.2, 0) is 4.79 Å². The zero-order valence-corrected chi connectivity index (χ0v) is 12.4. The van der Waals surface area contributed by atoms with Gasteiger partial charge in [0.25, 0.3) is 0 Å². The SMILES string of the molecule is CC(C)C[C@H](N)C(=O)Nc1ccc(OC(F)(F)F)cc1.Cl. The van der Waals surface area contributed by atoms with Gasteiger partial charge in [0.1, 0.15) is 5.75 Å². The highest BCUT2D eigenvalue weighted by molar-refractivity contribution is 5.94. The molecule has 1 amide bonds. The fraction of sp³-hybridized carbons (Fsp3) is 0.462. The Morgan fingerprint density at radius 1 is 1.29 bits per heavy atom. The van der Waals surface area contributed by atoms with Crippen LogP contribution in [0.4, 0.5) is 18.9 Å². The zero-order valence-electron chi connectivity index (χ0n) is 11.6. The highest BCUT2D eigenvalue weighted by Gasteiger charge is 2.31. The average molecular weight is 327 g/mol. The normalized spacial score (nSPS) is 12.5. The first kappa shape index (κ1) is 19.5. The summed E-state index contributed by atoms with van der Waals surface area (Å²) in [6.45, 7) is 3.88. The van der Waals surface area contributed by atoms with Gasteiger partial charge in [-0.05, 0) is 36.6 Å². The number of nitrogens with one attached hydrogen (secondary N) is 1. The first-order valence-electron chi connectivity index (χ1n) is 6.09. The summed E-state index contributed by atoms with van der Waals surface area (Å²) in [7, 11) is 0. The number of benzene rings is 1. The molecule has 0 spiro atoms. The zero-order chi connectivity index (χ0) is 15.3. The van der Waals surface area contributed by atoms with Crippen molar-refractivity contribution in [3.05, 3.63) is 24.3 Å². The third kappa shape index (κ3) is 7.77. The fourth-order valence-corrected chi connectivity index (χ4v) is 1.59. The van der Waals surface area contributed by atoms with E-state index in [0.29, 0.717) is 12.1 Å². The predicted octanol–water partition coefficient (Wildman–Crippen LogP) is 3.32. The minimum atomic E-state index is -4.73. The maximum Gasteiger partial charge on any atom is 0.573 e. The summed E-state index contributed by atoms with van der Waals surface area (Å²) >= 11 is 0. The van der Waals surface area contributed by atoms with Gasteiger partial charge < -0.3 is 15.8 Å². The Morgan fingerprint density at radius 2 is 1.81 bits per heavy atom. The molecule has 1 aromatic rings. The van der Waals surface area contributed by atoms with Crippen LogP contribution in [0.2, 0.25) is 0 Å². The molecular formula is C13H18ClF3N2O2. The number of hydrogen-bond acceptors (Lipinski definition) is 3. The summed E-state index contributed by atoms with van der Waals surface area (Å²) in [5, 5.41) is 2.54. The summed E-state index contributed by atoms with van der Waals surface area (Å²) in [5.74, 6) is -0.441. The predicted molar refractivity (Wildman–Crippen MR) is 76.4 cm³/mol. The molecule has 0 aromatic heterocycles. The maximum absolute atomic E-state index is 12.0. The largest absolute Gasteiger partial charge is 0.573 e. The first-order valence-corrected chi connectivity index (χ1v) is 6.09. The molecular weight excluding hydrogens is 309 g/mol. The molecule has 3 N–H and O–H groups in total. The van der Waals surface area contributed by atoms with E-state index in [9.17, 15) is 18.0 Å². The van der Waals surface area contributed by atoms with Gasteiger partial charge >= 0.3 is 6.36 Å². The Kier molecular flexibility index (Phi) is 7.52. The van der Waals surface area contributed by atoms with E-state index >= 15 is 0 Å². The lowest BCUT2D eigenvalue weighted by Gasteiger charge is -2.14. The summed E-state index contributed by atoms with van der Waals surface area (Å²) in [5.41, 5.74) is 6.06. The van der Waals surface area contributed by atoms with Crippen LogP contribution in [0.1, 0.15) is 20.3 Å². The minimum absolute atomic E-state index is 0. The number of anilines is 1. The van der Waals surface area contributed by atoms with Gasteiger partial charge in [-0.1, -0.05) is 13.8 Å². The molecule has 0 aliphatic heterocycles. The number of carbonyl (C=O) groups excluding carboxylic acids is 1. The van der Waals surface area contributed by atoms with Crippen molar-refractivity contribution in [1.29, 1.82) is 0 Å². The lowest BCUT2D eigenvalue weighted by molar-refractivity contribution is -0.274. The number of rotatable bonds is 5. The molecule has 120 valence electrons. The highest BCUT2D eigenvalue weighted by atomic mass is 35.5. The topological polar surface area (TPSA) is 64.4 Å². The van der Waals surface area contributed by atoms with Crippen molar-refractivity contribution < 1.29 is 22.7 Å². The lowest BCUT2D eigenvalue weighted by Crippen LogP contribution is -2.36. The molecule has 21 heavy (non-hydrogen) atoms. The van der Waals surface area contributed by atoms with E-state index in [2.05, 4.69) is 10.1 Å². The quantitative estimate of drug-likeness (QED) is 0.872. The van der Waals surface area contributed by atoms with Gasteiger partial charge in [-0.2, -0.15) is 0 Å². The van der Waals surface area contributed by atoms with Crippen molar-refractivity contribution >= 4 is 24.0 Å². The molecule has 0 unspecified atom stereocenters. The van der Waals surface area contributed by atoms with Crippen molar-refractivity contribution in [3.63, 3.8) is 0 Å². The van der Waals surface area contributed by atoms with Gasteiger partial charge in [-0.25, -0.2) is 0 Å². The van der Waals surface area contributed by atoms with Crippen molar-refractivity contribution in [3.8, 4) is 5.75 Å². The Labute approximate surface area is 127 Å². The fourth-order valence-electron chi connectivity index (χ4n) is 1.59. The molecule has 4 nitrogen and oxygen atoms in total. The maximum atomic E-state index is 12.0. The Morgan fingerprint density at radius 3 is 2.24 bits per heavy atom. The summed E-state index contributed by atoms with van der Waals surface area (Å²) in [6, 6.07) is 4.23. The van der Waals surface area contributed by atoms with Gasteiger partial charge in [0.15, 0.2) is 0 Å². The van der Waals surface area contributed by atoms with E-state index in [1.807, 2.05) is 13.8 Å². The molecule has 0 bridgehead atoms. The second-order valence-corrected chi connectivity index (χ2v) is 4.80. The van der Waals surface area contributed by atoms with Crippen LogP contribution >= 0.6 is 12.4 Å². The van der Waals surface area contributed by atoms with E-state index in [4.69, 9.17) is 5.73 Å². The standard InChI is InChI=1S/C13H17F3N2O2.ClH/c1-8(2)7-11(17)12(19)18-9-3-5-10(6-4-9)20-13(14,15)16;/h3-6,8,11H,7,17H2,1-2H3,(H,18,19);1H/t11-;/m0./s1. The number of hydrogen-bond donors (Lipinski definition) is 2. The third-order valence-electron chi connectivity index (χ3n) is 2.42. The second kappa shape index (κ2) is 8.09. The first-order chi connectivity index (χ1) is 9.17. The molecule has 1 atom stereocenters. The third-order valence-corrected chi connectivity index (χ3v) is 2.42. The van der Waals surface area contributed by atoms with E-state index in [1.165, 1.54) is 12.1 Å². The van der Waals surface area contributed by atoms with Crippen LogP contribution in [0.15, 0.2) is 24.3 Å². The number of carbonyl (C=O) groups is 1. The van der Waals surface area contributed by atoms with E-state index in [0.717, 1.165) is 12.1 Å². The summed E-state index contributed by atoms with van der Waals surface area (Å²) < 4.78 is 39.6. The van der Waals surface area contributed by atoms with E-state index in [-0.39, 0.29) is 30.0 Å². The van der Waals surface area contributed by atoms with Crippen molar-refractivity contribution in [2.75, 3.05) is 5.32 Å². The molecule has 0 aliphatic carbocycles. The van der Waals surface area contributed by atoms with Crippen LogP contribution in [0.25, 0.3) is 0 Å². The molecule has 0 fully saturated rings. The monoisotopic (exact) mass is 326 g/mol. The van der Waals surface area contributed by atoms with Crippen LogP contribution in [0.3, 0.4) is 0 Å². The lowest BCUT2D eigenvalue weighted by atomic mass is 10.0. The molecule has 1 rings (SSSR count). The van der Waals surface area contributed by atoms with Crippen LogP contribution < -0.4 is 15.8 Å².